The molecule has 0 atom stereocenters. The van der Waals surface area contributed by atoms with Crippen molar-refractivity contribution < 1.29 is 22.7 Å². The van der Waals surface area contributed by atoms with Gasteiger partial charge in [-0.2, -0.15) is 13.2 Å². The third kappa shape index (κ3) is 4.96. The molecule has 0 saturated carbocycles. The first-order valence-electron chi connectivity index (χ1n) is 7.79. The Morgan fingerprint density at radius 3 is 2.61 bits per heavy atom. The third-order valence-corrected chi connectivity index (χ3v) is 4.57. The summed E-state index contributed by atoms with van der Waals surface area (Å²) in [5.41, 5.74) is 1.55. The number of nitrogens with one attached hydrogen (secondary N) is 1. The molecular formula is C17H12ClF3N4O2S. The van der Waals surface area contributed by atoms with E-state index in [1.54, 1.807) is 31.2 Å². The second-order valence-electron chi connectivity index (χ2n) is 5.63. The Bertz CT molecular complexity index is 993. The van der Waals surface area contributed by atoms with Crippen LogP contribution >= 0.6 is 23.1 Å². The molecule has 0 bridgehead atoms. The van der Waals surface area contributed by atoms with Crippen molar-refractivity contribution in [2.75, 3.05) is 11.9 Å². The number of amides is 1. The SMILES string of the molecule is Cc1nnsc1C(=O)Nc1cnc(OCC(F)(F)F)c(-c2ccc(Cl)cc2)c1. The van der Waals surface area contributed by atoms with Crippen LogP contribution in [0.2, 0.25) is 5.02 Å². The van der Waals surface area contributed by atoms with Crippen LogP contribution in [-0.4, -0.2) is 33.3 Å². The van der Waals surface area contributed by atoms with E-state index < -0.39 is 18.7 Å². The highest BCUT2D eigenvalue weighted by atomic mass is 35.5. The minimum atomic E-state index is -4.51. The fourth-order valence-corrected chi connectivity index (χ4v) is 2.93. The van der Waals surface area contributed by atoms with Gasteiger partial charge in [-0.1, -0.05) is 28.2 Å². The number of pyridine rings is 1. The number of hydrogen-bond acceptors (Lipinski definition) is 6. The predicted molar refractivity (Wildman–Crippen MR) is 98.8 cm³/mol. The molecular weight excluding hydrogens is 417 g/mol. The van der Waals surface area contributed by atoms with Gasteiger partial charge in [0.25, 0.3) is 5.91 Å². The molecule has 3 rings (SSSR count). The third-order valence-electron chi connectivity index (χ3n) is 3.49. The van der Waals surface area contributed by atoms with E-state index in [-0.39, 0.29) is 17.1 Å². The zero-order chi connectivity index (χ0) is 20.3. The summed E-state index contributed by atoms with van der Waals surface area (Å²) in [6.07, 6.45) is -3.30. The van der Waals surface area contributed by atoms with E-state index in [2.05, 4.69) is 19.9 Å². The van der Waals surface area contributed by atoms with Crippen molar-refractivity contribution in [3.63, 3.8) is 0 Å². The Morgan fingerprint density at radius 1 is 1.29 bits per heavy atom. The molecule has 0 spiro atoms. The fourth-order valence-electron chi connectivity index (χ4n) is 2.25. The lowest BCUT2D eigenvalue weighted by Crippen LogP contribution is -2.20. The number of carbonyl (C=O) groups excluding carboxylic acids is 1. The van der Waals surface area contributed by atoms with Crippen molar-refractivity contribution in [2.24, 2.45) is 0 Å². The molecule has 0 aliphatic rings. The van der Waals surface area contributed by atoms with Gasteiger partial charge < -0.3 is 10.1 Å². The van der Waals surface area contributed by atoms with Crippen molar-refractivity contribution in [3.05, 3.63) is 52.1 Å². The van der Waals surface area contributed by atoms with Gasteiger partial charge in [0.05, 0.1) is 17.6 Å². The Balaban J connectivity index is 1.92. The van der Waals surface area contributed by atoms with Gasteiger partial charge >= 0.3 is 6.18 Å². The molecule has 1 aromatic carbocycles. The molecule has 146 valence electrons. The van der Waals surface area contributed by atoms with Crippen molar-refractivity contribution in [1.82, 2.24) is 14.6 Å². The quantitative estimate of drug-likeness (QED) is 0.634. The number of ether oxygens (including phenoxy) is 1. The summed E-state index contributed by atoms with van der Waals surface area (Å²) in [7, 11) is 0. The zero-order valence-electron chi connectivity index (χ0n) is 14.2. The van der Waals surface area contributed by atoms with E-state index in [4.69, 9.17) is 16.3 Å². The van der Waals surface area contributed by atoms with E-state index in [1.165, 1.54) is 12.3 Å². The van der Waals surface area contributed by atoms with Crippen LogP contribution in [0.4, 0.5) is 18.9 Å². The second kappa shape index (κ2) is 8.11. The largest absolute Gasteiger partial charge is 0.468 e. The zero-order valence-corrected chi connectivity index (χ0v) is 15.8. The van der Waals surface area contributed by atoms with E-state index >= 15 is 0 Å². The van der Waals surface area contributed by atoms with Crippen LogP contribution < -0.4 is 10.1 Å². The van der Waals surface area contributed by atoms with E-state index in [0.29, 0.717) is 21.2 Å². The highest BCUT2D eigenvalue weighted by molar-refractivity contribution is 7.08. The standard InChI is InChI=1S/C17H12ClF3N4O2S/c1-9-14(28-25-24-9)15(26)23-12-6-13(10-2-4-11(18)5-3-10)16(22-7-12)27-8-17(19,20)21/h2-7H,8H2,1H3,(H,23,26). The van der Waals surface area contributed by atoms with E-state index in [1.807, 2.05) is 0 Å². The molecule has 0 aliphatic heterocycles. The number of benzene rings is 1. The first kappa shape index (κ1) is 20.0. The number of alkyl halides is 3. The number of carbonyl (C=O) groups is 1. The van der Waals surface area contributed by atoms with Gasteiger partial charge in [0.2, 0.25) is 5.88 Å². The number of nitrogens with zero attached hydrogens (tertiary/aromatic N) is 3. The Kier molecular flexibility index (Phi) is 5.80. The van der Waals surface area contributed by atoms with Crippen LogP contribution in [0.15, 0.2) is 36.5 Å². The van der Waals surface area contributed by atoms with Crippen LogP contribution in [0.1, 0.15) is 15.4 Å². The molecule has 11 heteroatoms. The van der Waals surface area contributed by atoms with Gasteiger partial charge in [-0.3, -0.25) is 4.79 Å². The summed E-state index contributed by atoms with van der Waals surface area (Å²) in [6, 6.07) is 7.87. The molecule has 28 heavy (non-hydrogen) atoms. The molecule has 6 nitrogen and oxygen atoms in total. The molecule has 1 N–H and O–H groups in total. The molecule has 3 aromatic rings. The van der Waals surface area contributed by atoms with Crippen molar-refractivity contribution in [3.8, 4) is 17.0 Å². The van der Waals surface area contributed by atoms with Gasteiger partial charge in [0, 0.05) is 10.6 Å². The minimum Gasteiger partial charge on any atom is -0.468 e. The first-order valence-corrected chi connectivity index (χ1v) is 8.94. The van der Waals surface area contributed by atoms with Crippen LogP contribution in [0, 0.1) is 6.92 Å². The van der Waals surface area contributed by atoms with Crippen LogP contribution in [0.5, 0.6) is 5.88 Å². The molecule has 2 aromatic heterocycles. The first-order chi connectivity index (χ1) is 13.2. The summed E-state index contributed by atoms with van der Waals surface area (Å²) < 4.78 is 46.1. The van der Waals surface area contributed by atoms with Crippen molar-refractivity contribution in [2.45, 2.75) is 13.1 Å². The Morgan fingerprint density at radius 2 is 2.00 bits per heavy atom. The van der Waals surface area contributed by atoms with Gasteiger partial charge in [-0.05, 0) is 42.2 Å². The lowest BCUT2D eigenvalue weighted by molar-refractivity contribution is -0.154. The lowest BCUT2D eigenvalue weighted by atomic mass is 10.1. The minimum absolute atomic E-state index is 0.215. The van der Waals surface area contributed by atoms with Gasteiger partial charge in [-0.25, -0.2) is 4.98 Å². The highest BCUT2D eigenvalue weighted by Gasteiger charge is 2.29. The maximum atomic E-state index is 12.5. The summed E-state index contributed by atoms with van der Waals surface area (Å²) in [5, 5.41) is 6.86. The van der Waals surface area contributed by atoms with Crippen LogP contribution in [-0.2, 0) is 0 Å². The maximum absolute atomic E-state index is 12.5. The molecule has 2 heterocycles. The second-order valence-corrected chi connectivity index (χ2v) is 6.82. The van der Waals surface area contributed by atoms with E-state index in [9.17, 15) is 18.0 Å². The number of anilines is 1. The summed E-state index contributed by atoms with van der Waals surface area (Å²) in [6.45, 7) is 0.155. The predicted octanol–water partition coefficient (Wildman–Crippen LogP) is 4.76. The van der Waals surface area contributed by atoms with Crippen molar-refractivity contribution in [1.29, 1.82) is 0 Å². The topological polar surface area (TPSA) is 77.0 Å². The average Bonchev–Trinajstić information content (AvgIpc) is 3.06. The number of rotatable bonds is 5. The molecule has 0 fully saturated rings. The van der Waals surface area contributed by atoms with Gasteiger partial charge in [-0.15, -0.1) is 5.10 Å². The summed E-state index contributed by atoms with van der Waals surface area (Å²) in [4.78, 5) is 16.6. The van der Waals surface area contributed by atoms with Crippen LogP contribution in [0.25, 0.3) is 11.1 Å². The summed E-state index contributed by atoms with van der Waals surface area (Å²) in [5.74, 6) is -0.659. The lowest BCUT2D eigenvalue weighted by Gasteiger charge is -2.14. The molecule has 0 unspecified atom stereocenters. The molecule has 0 saturated heterocycles. The summed E-state index contributed by atoms with van der Waals surface area (Å²) >= 11 is 6.80. The number of aryl methyl sites for hydroxylation is 1. The Hall–Kier alpha value is -2.72. The number of halogens is 4. The van der Waals surface area contributed by atoms with E-state index in [0.717, 1.165) is 11.5 Å². The molecule has 1 amide bonds. The normalized spacial score (nSPS) is 11.3. The van der Waals surface area contributed by atoms with Crippen LogP contribution in [0.3, 0.4) is 0 Å². The van der Waals surface area contributed by atoms with Crippen molar-refractivity contribution >= 4 is 34.7 Å². The fraction of sp³-hybridized carbons (Fsp3) is 0.176. The monoisotopic (exact) mass is 428 g/mol. The van der Waals surface area contributed by atoms with Gasteiger partial charge in [0.1, 0.15) is 4.88 Å². The number of hydrogen-bond donors (Lipinski definition) is 1. The highest BCUT2D eigenvalue weighted by Crippen LogP contribution is 2.32. The average molecular weight is 429 g/mol. The molecule has 0 radical (unpaired) electrons. The maximum Gasteiger partial charge on any atom is 0.422 e. The Labute approximate surface area is 166 Å². The number of aromatic nitrogens is 3. The smallest absolute Gasteiger partial charge is 0.422 e. The van der Waals surface area contributed by atoms with Gasteiger partial charge in [0.15, 0.2) is 6.61 Å². The molecule has 0 aliphatic carbocycles.